The van der Waals surface area contributed by atoms with Crippen molar-refractivity contribution in [2.45, 2.75) is 39.8 Å². The van der Waals surface area contributed by atoms with Crippen LogP contribution in [-0.4, -0.2) is 36.7 Å². The zero-order valence-electron chi connectivity index (χ0n) is 10.4. The van der Waals surface area contributed by atoms with Crippen LogP contribution in [0.1, 0.15) is 27.7 Å². The van der Waals surface area contributed by atoms with Crippen molar-refractivity contribution in [3.05, 3.63) is 0 Å². The van der Waals surface area contributed by atoms with E-state index >= 15 is 0 Å². The Morgan fingerprint density at radius 3 is 2.47 bits per heavy atom. The van der Waals surface area contributed by atoms with Gasteiger partial charge in [0, 0.05) is 17.8 Å². The average Bonchev–Trinajstić information content (AvgIpc) is 2.23. The number of nitrogens with one attached hydrogen (secondary N) is 1. The normalized spacial score (nSPS) is 16.9. The first-order valence-electron chi connectivity index (χ1n) is 5.44. The fourth-order valence-corrected chi connectivity index (χ4v) is 2.01. The topological polar surface area (TPSA) is 38.3 Å². The van der Waals surface area contributed by atoms with E-state index in [2.05, 4.69) is 19.2 Å². The van der Waals surface area contributed by atoms with Gasteiger partial charge in [-0.05, 0) is 19.6 Å². The van der Waals surface area contributed by atoms with Crippen LogP contribution in [0.4, 0.5) is 0 Å². The van der Waals surface area contributed by atoms with Crippen molar-refractivity contribution in [3.63, 3.8) is 0 Å². The van der Waals surface area contributed by atoms with Crippen LogP contribution in [0.25, 0.3) is 0 Å². The molecule has 0 bridgehead atoms. The lowest BCUT2D eigenvalue weighted by atomic mass is 10.0. The predicted molar refractivity (Wildman–Crippen MR) is 66.2 cm³/mol. The summed E-state index contributed by atoms with van der Waals surface area (Å²) in [6, 6.07) is 0.585. The Labute approximate surface area is 97.3 Å². The van der Waals surface area contributed by atoms with Crippen LogP contribution in [-0.2, 0) is 9.53 Å². The molecule has 0 aliphatic rings. The molecule has 1 N–H and O–H groups in total. The third-order valence-corrected chi connectivity index (χ3v) is 3.59. The largest absolute Gasteiger partial charge is 0.469 e. The molecule has 0 fully saturated rings. The van der Waals surface area contributed by atoms with E-state index in [0.29, 0.717) is 6.04 Å². The summed E-state index contributed by atoms with van der Waals surface area (Å²) in [7, 11) is 1.43. The fourth-order valence-electron chi connectivity index (χ4n) is 1.33. The Morgan fingerprint density at radius 2 is 2.00 bits per heavy atom. The van der Waals surface area contributed by atoms with Gasteiger partial charge in [0.25, 0.3) is 0 Å². The first-order valence-corrected chi connectivity index (χ1v) is 6.60. The van der Waals surface area contributed by atoms with E-state index in [1.807, 2.05) is 25.6 Å². The molecular formula is C11H23NO2S. The van der Waals surface area contributed by atoms with Crippen molar-refractivity contribution in [1.29, 1.82) is 0 Å². The lowest BCUT2D eigenvalue weighted by Gasteiger charge is -2.23. The van der Waals surface area contributed by atoms with E-state index in [1.165, 1.54) is 7.11 Å². The Morgan fingerprint density at radius 1 is 1.40 bits per heavy atom. The molecule has 0 saturated carbocycles. The molecule has 0 aromatic rings. The van der Waals surface area contributed by atoms with Crippen molar-refractivity contribution in [2.75, 3.05) is 18.6 Å². The maximum atomic E-state index is 11.3. The molecule has 0 heterocycles. The van der Waals surface area contributed by atoms with Gasteiger partial charge in [-0.3, -0.25) is 4.79 Å². The zero-order valence-corrected chi connectivity index (χ0v) is 11.2. The minimum atomic E-state index is -0.148. The van der Waals surface area contributed by atoms with Crippen LogP contribution < -0.4 is 5.32 Å². The van der Waals surface area contributed by atoms with Crippen LogP contribution in [0.2, 0.25) is 0 Å². The molecule has 0 amide bonds. The highest BCUT2D eigenvalue weighted by Gasteiger charge is 2.21. The van der Waals surface area contributed by atoms with E-state index in [-0.39, 0.29) is 17.9 Å². The Balaban J connectivity index is 3.89. The summed E-state index contributed by atoms with van der Waals surface area (Å²) in [4.78, 5) is 11.3. The first kappa shape index (κ1) is 14.8. The third kappa shape index (κ3) is 6.05. The summed E-state index contributed by atoms with van der Waals surface area (Å²) < 4.78 is 4.71. The summed E-state index contributed by atoms with van der Waals surface area (Å²) in [5.41, 5.74) is 0. The van der Waals surface area contributed by atoms with E-state index in [0.717, 1.165) is 11.5 Å². The number of methoxy groups -OCH3 is 1. The first-order chi connectivity index (χ1) is 7.02. The number of hydrogen-bond acceptors (Lipinski definition) is 4. The second-order valence-electron chi connectivity index (χ2n) is 3.83. The van der Waals surface area contributed by atoms with Crippen LogP contribution in [0.15, 0.2) is 0 Å². The average molecular weight is 233 g/mol. The molecule has 4 heteroatoms. The van der Waals surface area contributed by atoms with Gasteiger partial charge < -0.3 is 10.1 Å². The lowest BCUT2D eigenvalue weighted by Crippen LogP contribution is -2.42. The lowest BCUT2D eigenvalue weighted by molar-refractivity contribution is -0.145. The summed E-state index contributed by atoms with van der Waals surface area (Å²) in [6.07, 6.45) is 0. The highest BCUT2D eigenvalue weighted by molar-refractivity contribution is 7.99. The highest BCUT2D eigenvalue weighted by Crippen LogP contribution is 2.08. The van der Waals surface area contributed by atoms with Gasteiger partial charge >= 0.3 is 5.97 Å². The molecular weight excluding hydrogens is 210 g/mol. The second kappa shape index (κ2) is 7.99. The van der Waals surface area contributed by atoms with Crippen molar-refractivity contribution >= 4 is 17.7 Å². The van der Waals surface area contributed by atoms with Gasteiger partial charge in [0.05, 0.1) is 13.0 Å². The molecule has 3 atom stereocenters. The van der Waals surface area contributed by atoms with Crippen LogP contribution in [0.3, 0.4) is 0 Å². The standard InChI is InChI=1S/C11H23NO2S/c1-6-15-7-8(2)12-10(4)9(3)11(13)14-5/h8-10,12H,6-7H2,1-5H3. The Bertz CT molecular complexity index is 187. The summed E-state index contributed by atoms with van der Waals surface area (Å²) >= 11 is 1.91. The molecule has 0 aliphatic heterocycles. The number of carbonyl (C=O) groups is 1. The fraction of sp³-hybridized carbons (Fsp3) is 0.909. The molecule has 3 unspecified atom stereocenters. The number of hydrogen-bond donors (Lipinski definition) is 1. The van der Waals surface area contributed by atoms with Gasteiger partial charge in [0.15, 0.2) is 0 Å². The van der Waals surface area contributed by atoms with Crippen LogP contribution in [0.5, 0.6) is 0 Å². The van der Waals surface area contributed by atoms with E-state index in [9.17, 15) is 4.79 Å². The number of ether oxygens (including phenoxy) is 1. The molecule has 0 aromatic carbocycles. The smallest absolute Gasteiger partial charge is 0.309 e. The van der Waals surface area contributed by atoms with Crippen LogP contribution >= 0.6 is 11.8 Å². The minimum Gasteiger partial charge on any atom is -0.469 e. The molecule has 3 nitrogen and oxygen atoms in total. The second-order valence-corrected chi connectivity index (χ2v) is 5.15. The molecule has 0 aromatic heterocycles. The van der Waals surface area contributed by atoms with Gasteiger partial charge in [0.1, 0.15) is 0 Å². The Kier molecular flexibility index (Phi) is 7.88. The van der Waals surface area contributed by atoms with Gasteiger partial charge in [0.2, 0.25) is 0 Å². The number of thioether (sulfide) groups is 1. The minimum absolute atomic E-state index is 0.0934. The van der Waals surface area contributed by atoms with Crippen LogP contribution in [0, 0.1) is 5.92 Å². The zero-order chi connectivity index (χ0) is 11.8. The monoisotopic (exact) mass is 233 g/mol. The van der Waals surface area contributed by atoms with E-state index in [1.54, 1.807) is 0 Å². The van der Waals surface area contributed by atoms with E-state index in [4.69, 9.17) is 4.74 Å². The molecule has 0 spiro atoms. The molecule has 0 radical (unpaired) electrons. The highest BCUT2D eigenvalue weighted by atomic mass is 32.2. The van der Waals surface area contributed by atoms with Gasteiger partial charge in [-0.2, -0.15) is 11.8 Å². The maximum absolute atomic E-state index is 11.3. The van der Waals surface area contributed by atoms with Crippen molar-refractivity contribution in [3.8, 4) is 0 Å². The van der Waals surface area contributed by atoms with Crippen molar-refractivity contribution < 1.29 is 9.53 Å². The van der Waals surface area contributed by atoms with Gasteiger partial charge in [-0.25, -0.2) is 0 Å². The van der Waals surface area contributed by atoms with E-state index < -0.39 is 0 Å². The summed E-state index contributed by atoms with van der Waals surface area (Å²) in [5, 5.41) is 3.41. The molecule has 0 aliphatic carbocycles. The molecule has 0 saturated heterocycles. The summed E-state index contributed by atoms with van der Waals surface area (Å²) in [6.45, 7) is 8.21. The van der Waals surface area contributed by atoms with Gasteiger partial charge in [-0.15, -0.1) is 0 Å². The van der Waals surface area contributed by atoms with Crippen molar-refractivity contribution in [2.24, 2.45) is 5.92 Å². The van der Waals surface area contributed by atoms with Crippen molar-refractivity contribution in [1.82, 2.24) is 5.32 Å². The predicted octanol–water partition coefficient (Wildman–Crippen LogP) is 1.92. The Hall–Kier alpha value is -0.220. The third-order valence-electron chi connectivity index (χ3n) is 2.44. The number of carbonyl (C=O) groups excluding carboxylic acids is 1. The molecule has 0 rings (SSSR count). The maximum Gasteiger partial charge on any atom is 0.309 e. The number of rotatable bonds is 7. The quantitative estimate of drug-likeness (QED) is 0.682. The number of esters is 1. The molecule has 15 heavy (non-hydrogen) atoms. The SMILES string of the molecule is CCSCC(C)NC(C)C(C)C(=O)OC. The summed E-state index contributed by atoms with van der Waals surface area (Å²) in [5.74, 6) is 1.97. The van der Waals surface area contributed by atoms with Gasteiger partial charge in [-0.1, -0.05) is 13.8 Å². The molecule has 90 valence electrons.